The topological polar surface area (TPSA) is 123 Å². The highest BCUT2D eigenvalue weighted by Gasteiger charge is 2.95. The number of aliphatic hydroxyl groups excluding tert-OH is 2. The SMILES string of the molecule is CC1(C)CC(NC(=O)OCCC(F)(F)C(F)(F)C(F)(F)C(F)(F)C(F)(F)C(F)(F)C(F)(F)C(F)(F)F)CC(C)(CNC(=O)NCN(CCO)CCO)C1. The first-order valence-corrected chi connectivity index (χ1v) is 15.1. The summed E-state index contributed by atoms with van der Waals surface area (Å²) in [6.07, 6.45) is -11.9. The van der Waals surface area contributed by atoms with Crippen LogP contribution in [-0.4, -0.2) is 127 Å². The molecule has 0 aromatic heterocycles. The van der Waals surface area contributed by atoms with Crippen molar-refractivity contribution in [2.24, 2.45) is 10.8 Å². The van der Waals surface area contributed by atoms with E-state index in [4.69, 9.17) is 10.2 Å². The highest BCUT2D eigenvalue weighted by Crippen LogP contribution is 2.64. The van der Waals surface area contributed by atoms with Crippen molar-refractivity contribution in [1.82, 2.24) is 20.9 Å². The summed E-state index contributed by atoms with van der Waals surface area (Å²) in [5.41, 5.74) is -1.45. The van der Waals surface area contributed by atoms with E-state index in [-0.39, 0.29) is 52.4 Å². The Morgan fingerprint density at radius 1 is 0.698 bits per heavy atom. The van der Waals surface area contributed by atoms with Crippen molar-refractivity contribution < 1.29 is 99.2 Å². The zero-order chi connectivity index (χ0) is 41.9. The summed E-state index contributed by atoms with van der Waals surface area (Å²) in [5.74, 6) is -57.3. The number of urea groups is 1. The lowest BCUT2D eigenvalue weighted by Crippen LogP contribution is -2.74. The molecule has 9 nitrogen and oxygen atoms in total. The molecule has 1 aliphatic rings. The fourth-order valence-corrected chi connectivity index (χ4v) is 5.80. The second kappa shape index (κ2) is 16.1. The Balaban J connectivity index is 3.00. The first-order chi connectivity index (χ1) is 23.5. The van der Waals surface area contributed by atoms with E-state index in [0.717, 1.165) is 0 Å². The summed E-state index contributed by atoms with van der Waals surface area (Å²) in [5, 5.41) is 25.3. The Hall–Kier alpha value is -2.77. The van der Waals surface area contributed by atoms with E-state index in [2.05, 4.69) is 20.7 Å². The lowest BCUT2D eigenvalue weighted by atomic mass is 9.62. The van der Waals surface area contributed by atoms with E-state index in [0.29, 0.717) is 6.42 Å². The van der Waals surface area contributed by atoms with E-state index in [1.165, 1.54) is 4.90 Å². The molecule has 1 rings (SSSR count). The number of amides is 3. The van der Waals surface area contributed by atoms with Crippen LogP contribution in [0.3, 0.4) is 0 Å². The van der Waals surface area contributed by atoms with Crippen LogP contribution in [-0.2, 0) is 4.74 Å². The van der Waals surface area contributed by atoms with Gasteiger partial charge in [0.05, 0.1) is 32.9 Å². The van der Waals surface area contributed by atoms with E-state index < -0.39 is 89.7 Å². The summed E-state index contributed by atoms with van der Waals surface area (Å²) in [7, 11) is 0. The summed E-state index contributed by atoms with van der Waals surface area (Å²) >= 11 is 0. The summed E-state index contributed by atoms with van der Waals surface area (Å²) < 4.78 is 233. The molecule has 0 aromatic carbocycles. The number of aliphatic hydroxyl groups is 2. The van der Waals surface area contributed by atoms with Crippen LogP contribution in [0.5, 0.6) is 0 Å². The maximum atomic E-state index is 14.2. The Morgan fingerprint density at radius 2 is 1.15 bits per heavy atom. The highest BCUT2D eigenvalue weighted by molar-refractivity contribution is 5.73. The summed E-state index contributed by atoms with van der Waals surface area (Å²) in [6.45, 7) is 2.56. The van der Waals surface area contributed by atoms with Crippen molar-refractivity contribution in [3.05, 3.63) is 0 Å². The average molecular weight is 821 g/mol. The highest BCUT2D eigenvalue weighted by atomic mass is 19.4. The fraction of sp³-hybridized carbons (Fsp3) is 0.926. The van der Waals surface area contributed by atoms with Gasteiger partial charge in [-0.25, -0.2) is 9.59 Å². The van der Waals surface area contributed by atoms with Crippen molar-refractivity contribution in [3.63, 3.8) is 0 Å². The first kappa shape index (κ1) is 48.2. The molecule has 1 fully saturated rings. The normalized spacial score (nSPS) is 21.0. The van der Waals surface area contributed by atoms with Crippen LogP contribution >= 0.6 is 0 Å². The minimum atomic E-state index is -8.73. The smallest absolute Gasteiger partial charge is 0.449 e. The van der Waals surface area contributed by atoms with Crippen LogP contribution in [0.4, 0.5) is 84.2 Å². The number of nitrogens with zero attached hydrogens (tertiary/aromatic N) is 1. The van der Waals surface area contributed by atoms with Gasteiger partial charge >= 0.3 is 59.8 Å². The van der Waals surface area contributed by atoms with Crippen molar-refractivity contribution in [2.75, 3.05) is 46.1 Å². The molecular formula is C27H37F17N4O5. The molecule has 314 valence electrons. The number of ether oxygens (including phenoxy) is 1. The maximum absolute atomic E-state index is 14.2. The second-order valence-electron chi connectivity index (χ2n) is 13.5. The number of alkyl carbamates (subject to hydrolysis) is 1. The molecule has 0 aliphatic heterocycles. The Labute approximate surface area is 289 Å². The van der Waals surface area contributed by atoms with E-state index >= 15 is 0 Å². The van der Waals surface area contributed by atoms with E-state index in [9.17, 15) is 84.2 Å². The number of halogens is 17. The summed E-state index contributed by atoms with van der Waals surface area (Å²) in [6, 6.07) is -1.61. The van der Waals surface area contributed by atoms with Crippen molar-refractivity contribution in [1.29, 1.82) is 0 Å². The van der Waals surface area contributed by atoms with Crippen LogP contribution in [0.15, 0.2) is 0 Å². The van der Waals surface area contributed by atoms with Gasteiger partial charge in [0.15, 0.2) is 0 Å². The van der Waals surface area contributed by atoms with Gasteiger partial charge in [-0.1, -0.05) is 20.8 Å². The predicted molar refractivity (Wildman–Crippen MR) is 146 cm³/mol. The van der Waals surface area contributed by atoms with E-state index in [1.807, 2.05) is 0 Å². The standard InChI is InChI=1S/C27H37F17N4O5/c1-18(2)10-15(11-19(3,12-18)13-45-16(51)46-14-48(5-7-49)6-8-50)47-17(52)53-9-4-20(28,29)21(30,31)22(32,33)23(34,35)24(36,37)25(38,39)26(40,41)27(42,43)44/h15,49-50H,4-14H2,1-3H3,(H,47,52)(H2,45,46,51). The van der Waals surface area contributed by atoms with Crippen LogP contribution in [0, 0.1) is 10.8 Å². The number of alkyl halides is 17. The second-order valence-corrected chi connectivity index (χ2v) is 13.5. The molecule has 0 spiro atoms. The Kier molecular flexibility index (Phi) is 14.7. The fourth-order valence-electron chi connectivity index (χ4n) is 5.80. The largest absolute Gasteiger partial charge is 0.460 e. The molecule has 5 N–H and O–H groups in total. The average Bonchev–Trinajstić information content (AvgIpc) is 2.96. The third-order valence-corrected chi connectivity index (χ3v) is 8.17. The molecular weight excluding hydrogens is 783 g/mol. The van der Waals surface area contributed by atoms with Gasteiger partial charge in [0.1, 0.15) is 0 Å². The van der Waals surface area contributed by atoms with Crippen molar-refractivity contribution in [3.8, 4) is 0 Å². The van der Waals surface area contributed by atoms with Crippen LogP contribution in [0.25, 0.3) is 0 Å². The van der Waals surface area contributed by atoms with Gasteiger partial charge < -0.3 is 30.9 Å². The molecule has 0 heterocycles. The van der Waals surface area contributed by atoms with Crippen LogP contribution < -0.4 is 16.0 Å². The molecule has 26 heteroatoms. The number of hydrogen-bond acceptors (Lipinski definition) is 6. The molecule has 0 aromatic rings. The number of rotatable bonds is 18. The maximum Gasteiger partial charge on any atom is 0.460 e. The molecule has 3 amide bonds. The minimum Gasteiger partial charge on any atom is -0.449 e. The third kappa shape index (κ3) is 10.1. The van der Waals surface area contributed by atoms with E-state index in [1.54, 1.807) is 20.8 Å². The molecule has 1 aliphatic carbocycles. The molecule has 0 bridgehead atoms. The minimum absolute atomic E-state index is 0.0225. The third-order valence-electron chi connectivity index (χ3n) is 8.17. The lowest BCUT2D eigenvalue weighted by molar-refractivity contribution is -0.461. The molecule has 1 saturated carbocycles. The summed E-state index contributed by atoms with van der Waals surface area (Å²) in [4.78, 5) is 26.1. The van der Waals surface area contributed by atoms with Gasteiger partial charge in [-0.3, -0.25) is 4.90 Å². The van der Waals surface area contributed by atoms with Gasteiger partial charge in [0, 0.05) is 25.7 Å². The monoisotopic (exact) mass is 820 g/mol. The quantitative estimate of drug-likeness (QED) is 0.0825. The number of hydrogen-bond donors (Lipinski definition) is 5. The molecule has 2 unspecified atom stereocenters. The van der Waals surface area contributed by atoms with Gasteiger partial charge in [-0.15, -0.1) is 0 Å². The predicted octanol–water partition coefficient (Wildman–Crippen LogP) is 6.24. The number of carbonyl (C=O) groups excluding carboxylic acids is 2. The van der Waals surface area contributed by atoms with Gasteiger partial charge in [-0.2, -0.15) is 74.6 Å². The van der Waals surface area contributed by atoms with Gasteiger partial charge in [0.2, 0.25) is 0 Å². The molecule has 53 heavy (non-hydrogen) atoms. The molecule has 2 atom stereocenters. The zero-order valence-corrected chi connectivity index (χ0v) is 27.8. The van der Waals surface area contributed by atoms with Gasteiger partial charge in [0.25, 0.3) is 0 Å². The van der Waals surface area contributed by atoms with Crippen molar-refractivity contribution >= 4 is 12.1 Å². The van der Waals surface area contributed by atoms with Crippen LogP contribution in [0.2, 0.25) is 0 Å². The lowest BCUT2D eigenvalue weighted by Gasteiger charge is -2.46. The van der Waals surface area contributed by atoms with Crippen LogP contribution in [0.1, 0.15) is 46.5 Å². The molecule has 0 radical (unpaired) electrons. The first-order valence-electron chi connectivity index (χ1n) is 15.1. The Morgan fingerprint density at radius 3 is 1.60 bits per heavy atom. The van der Waals surface area contributed by atoms with Gasteiger partial charge in [-0.05, 0) is 30.1 Å². The zero-order valence-electron chi connectivity index (χ0n) is 27.8. The van der Waals surface area contributed by atoms with Crippen molar-refractivity contribution in [2.45, 2.75) is 100 Å². The Bertz CT molecular complexity index is 1250. The molecule has 0 saturated heterocycles. The number of carbonyl (C=O) groups is 2. The number of nitrogens with one attached hydrogen (secondary N) is 3.